The normalized spacial score (nSPS) is 10.1. The van der Waals surface area contributed by atoms with Gasteiger partial charge in [-0.25, -0.2) is 0 Å². The van der Waals surface area contributed by atoms with Crippen LogP contribution in [0.25, 0.3) is 0 Å². The molecular weight excluding hydrogens is 264 g/mol. The molecule has 5 heteroatoms. The summed E-state index contributed by atoms with van der Waals surface area (Å²) in [5.74, 6) is -0.247. The minimum atomic E-state index is -0.178. The van der Waals surface area contributed by atoms with Crippen LogP contribution in [-0.2, 0) is 9.59 Å². The molecule has 0 aliphatic heterocycles. The van der Waals surface area contributed by atoms with Crippen LogP contribution < -0.4 is 4.90 Å². The van der Waals surface area contributed by atoms with Crippen LogP contribution in [0.3, 0.4) is 0 Å². The van der Waals surface area contributed by atoms with Crippen LogP contribution in [0.1, 0.15) is 20.8 Å². The highest BCUT2D eigenvalue weighted by Crippen LogP contribution is 2.19. The van der Waals surface area contributed by atoms with Crippen molar-refractivity contribution in [3.8, 4) is 0 Å². The number of carbonyl (C=O) groups excluding carboxylic acids is 2. The highest BCUT2D eigenvalue weighted by molar-refractivity contribution is 6.30. The van der Waals surface area contributed by atoms with Crippen LogP contribution in [0.4, 0.5) is 5.69 Å². The molecule has 0 atom stereocenters. The average molecular weight is 283 g/mol. The third-order valence-corrected chi connectivity index (χ3v) is 3.14. The van der Waals surface area contributed by atoms with Crippen molar-refractivity contribution in [2.45, 2.75) is 20.8 Å². The standard InChI is InChI=1S/C14H19ClN2O2/c1-4-16(5-2)14(19)10-17(11(3)18)13-8-6-7-12(15)9-13/h6-9H,4-5,10H2,1-3H3. The quantitative estimate of drug-likeness (QED) is 0.833. The number of likely N-dealkylation sites (N-methyl/N-ethyl adjacent to an activating group) is 1. The molecule has 0 saturated carbocycles. The van der Waals surface area contributed by atoms with E-state index in [1.807, 2.05) is 13.8 Å². The summed E-state index contributed by atoms with van der Waals surface area (Å²) in [6.45, 7) is 6.58. The molecule has 0 unspecified atom stereocenters. The molecule has 0 aromatic heterocycles. The monoisotopic (exact) mass is 282 g/mol. The number of benzene rings is 1. The summed E-state index contributed by atoms with van der Waals surface area (Å²) < 4.78 is 0. The summed E-state index contributed by atoms with van der Waals surface area (Å²) in [6.07, 6.45) is 0. The number of rotatable bonds is 5. The molecule has 0 spiro atoms. The number of anilines is 1. The van der Waals surface area contributed by atoms with Gasteiger partial charge < -0.3 is 9.80 Å². The zero-order valence-electron chi connectivity index (χ0n) is 11.5. The van der Waals surface area contributed by atoms with Gasteiger partial charge in [-0.1, -0.05) is 17.7 Å². The Labute approximate surface area is 118 Å². The van der Waals surface area contributed by atoms with Crippen molar-refractivity contribution in [2.75, 3.05) is 24.5 Å². The summed E-state index contributed by atoms with van der Waals surface area (Å²) in [6, 6.07) is 6.94. The van der Waals surface area contributed by atoms with E-state index in [0.29, 0.717) is 23.8 Å². The molecule has 0 heterocycles. The Bertz CT molecular complexity index is 459. The van der Waals surface area contributed by atoms with E-state index < -0.39 is 0 Å². The molecule has 19 heavy (non-hydrogen) atoms. The van der Waals surface area contributed by atoms with Gasteiger partial charge in [0.25, 0.3) is 0 Å². The summed E-state index contributed by atoms with van der Waals surface area (Å²) in [5, 5.41) is 0.541. The van der Waals surface area contributed by atoms with Gasteiger partial charge in [0, 0.05) is 30.7 Å². The first kappa shape index (κ1) is 15.5. The Morgan fingerprint density at radius 3 is 2.32 bits per heavy atom. The first-order valence-electron chi connectivity index (χ1n) is 6.31. The average Bonchev–Trinajstić information content (AvgIpc) is 2.37. The minimum Gasteiger partial charge on any atom is -0.342 e. The van der Waals surface area contributed by atoms with Crippen molar-refractivity contribution >= 4 is 29.1 Å². The highest BCUT2D eigenvalue weighted by atomic mass is 35.5. The number of halogens is 1. The SMILES string of the molecule is CCN(CC)C(=O)CN(C(C)=O)c1cccc(Cl)c1. The molecule has 1 aromatic carbocycles. The van der Waals surface area contributed by atoms with Crippen LogP contribution in [-0.4, -0.2) is 36.3 Å². The van der Waals surface area contributed by atoms with E-state index >= 15 is 0 Å². The first-order valence-corrected chi connectivity index (χ1v) is 6.68. The first-order chi connectivity index (χ1) is 8.99. The van der Waals surface area contributed by atoms with Gasteiger partial charge in [-0.2, -0.15) is 0 Å². The van der Waals surface area contributed by atoms with Gasteiger partial charge in [0.2, 0.25) is 11.8 Å². The molecule has 2 amide bonds. The predicted molar refractivity (Wildman–Crippen MR) is 77.4 cm³/mol. The molecule has 0 radical (unpaired) electrons. The number of hydrogen-bond acceptors (Lipinski definition) is 2. The van der Waals surface area contributed by atoms with E-state index in [0.717, 1.165) is 0 Å². The molecule has 104 valence electrons. The lowest BCUT2D eigenvalue weighted by molar-refractivity contribution is -0.130. The lowest BCUT2D eigenvalue weighted by atomic mass is 10.2. The van der Waals surface area contributed by atoms with E-state index in [2.05, 4.69) is 0 Å². The Morgan fingerprint density at radius 2 is 1.84 bits per heavy atom. The van der Waals surface area contributed by atoms with Crippen molar-refractivity contribution in [3.05, 3.63) is 29.3 Å². The molecule has 4 nitrogen and oxygen atoms in total. The van der Waals surface area contributed by atoms with Gasteiger partial charge in [-0.05, 0) is 32.0 Å². The molecule has 0 fully saturated rings. The minimum absolute atomic E-state index is 0.0390. The van der Waals surface area contributed by atoms with Crippen molar-refractivity contribution < 1.29 is 9.59 Å². The molecule has 0 aliphatic rings. The molecule has 0 aliphatic carbocycles. The van der Waals surface area contributed by atoms with Gasteiger partial charge in [0.15, 0.2) is 0 Å². The van der Waals surface area contributed by atoms with E-state index in [-0.39, 0.29) is 18.4 Å². The maximum Gasteiger partial charge on any atom is 0.242 e. The zero-order chi connectivity index (χ0) is 14.4. The van der Waals surface area contributed by atoms with Crippen molar-refractivity contribution in [1.82, 2.24) is 4.90 Å². The van der Waals surface area contributed by atoms with Gasteiger partial charge in [-0.15, -0.1) is 0 Å². The molecular formula is C14H19ClN2O2. The largest absolute Gasteiger partial charge is 0.342 e. The van der Waals surface area contributed by atoms with Crippen molar-refractivity contribution in [2.24, 2.45) is 0 Å². The number of carbonyl (C=O) groups is 2. The van der Waals surface area contributed by atoms with Crippen molar-refractivity contribution in [3.63, 3.8) is 0 Å². The molecule has 1 aromatic rings. The Morgan fingerprint density at radius 1 is 1.21 bits per heavy atom. The fourth-order valence-corrected chi connectivity index (χ4v) is 2.02. The van der Waals surface area contributed by atoms with Crippen LogP contribution in [0.5, 0.6) is 0 Å². The molecule has 0 N–H and O–H groups in total. The Balaban J connectivity index is 2.91. The highest BCUT2D eigenvalue weighted by Gasteiger charge is 2.18. The zero-order valence-corrected chi connectivity index (χ0v) is 12.3. The maximum absolute atomic E-state index is 12.1. The lowest BCUT2D eigenvalue weighted by Gasteiger charge is -2.25. The van der Waals surface area contributed by atoms with Crippen LogP contribution >= 0.6 is 11.6 Å². The second-order valence-electron chi connectivity index (χ2n) is 4.15. The second-order valence-corrected chi connectivity index (χ2v) is 4.59. The summed E-state index contributed by atoms with van der Waals surface area (Å²) in [7, 11) is 0. The summed E-state index contributed by atoms with van der Waals surface area (Å²) in [4.78, 5) is 26.9. The van der Waals surface area contributed by atoms with Gasteiger partial charge >= 0.3 is 0 Å². The fourth-order valence-electron chi connectivity index (χ4n) is 1.84. The summed E-state index contributed by atoms with van der Waals surface area (Å²) >= 11 is 5.91. The topological polar surface area (TPSA) is 40.6 Å². The number of nitrogens with zero attached hydrogens (tertiary/aromatic N) is 2. The van der Waals surface area contributed by atoms with E-state index in [4.69, 9.17) is 11.6 Å². The van der Waals surface area contributed by atoms with Gasteiger partial charge in [0.1, 0.15) is 6.54 Å². The van der Waals surface area contributed by atoms with E-state index in [9.17, 15) is 9.59 Å². The molecule has 0 bridgehead atoms. The van der Waals surface area contributed by atoms with Crippen LogP contribution in [0.2, 0.25) is 5.02 Å². The van der Waals surface area contributed by atoms with E-state index in [1.54, 1.807) is 29.2 Å². The van der Waals surface area contributed by atoms with E-state index in [1.165, 1.54) is 11.8 Å². The van der Waals surface area contributed by atoms with Crippen LogP contribution in [0, 0.1) is 0 Å². The van der Waals surface area contributed by atoms with Gasteiger partial charge in [-0.3, -0.25) is 9.59 Å². The number of hydrogen-bond donors (Lipinski definition) is 0. The Kier molecular flexibility index (Phi) is 5.83. The third-order valence-electron chi connectivity index (χ3n) is 2.91. The predicted octanol–water partition coefficient (Wildman–Crippen LogP) is 2.56. The summed E-state index contributed by atoms with van der Waals surface area (Å²) in [5.41, 5.74) is 0.639. The van der Waals surface area contributed by atoms with Crippen molar-refractivity contribution in [1.29, 1.82) is 0 Å². The van der Waals surface area contributed by atoms with Gasteiger partial charge in [0.05, 0.1) is 0 Å². The molecule has 1 rings (SSSR count). The third kappa shape index (κ3) is 4.24. The molecule has 0 saturated heterocycles. The van der Waals surface area contributed by atoms with Crippen LogP contribution in [0.15, 0.2) is 24.3 Å². The fraction of sp³-hybridized carbons (Fsp3) is 0.429. The smallest absolute Gasteiger partial charge is 0.242 e. The Hall–Kier alpha value is -1.55. The second kappa shape index (κ2) is 7.14. The number of amides is 2. The lowest BCUT2D eigenvalue weighted by Crippen LogP contribution is -2.42. The maximum atomic E-state index is 12.1.